The molecular formula is C25H21Cl2FN2O2S. The Bertz CT molecular complexity index is 1190. The van der Waals surface area contributed by atoms with Gasteiger partial charge in [-0.05, 0) is 47.5 Å². The smallest absolute Gasteiger partial charge is 0.241 e. The van der Waals surface area contributed by atoms with Gasteiger partial charge in [0.05, 0.1) is 18.2 Å². The van der Waals surface area contributed by atoms with E-state index >= 15 is 0 Å². The molecule has 3 aromatic rings. The molecule has 33 heavy (non-hydrogen) atoms. The highest BCUT2D eigenvalue weighted by Gasteiger charge is 2.39. The second kappa shape index (κ2) is 10.2. The molecule has 0 spiro atoms. The van der Waals surface area contributed by atoms with E-state index in [2.05, 4.69) is 5.32 Å². The standard InChI is InChI=1S/C25H21Cl2FN2O2S/c1-15(24(31)29-13-16-6-9-18(26)10-7-16)23-25(32)30(21-4-2-3-5-22(21)33-23)14-17-8-11-19(28)12-20(17)27/h2-12,15,23H,13-14H2,1H3,(H,29,31)/t15-,23-/m0/s1. The van der Waals surface area contributed by atoms with Crippen LogP contribution in [0.25, 0.3) is 0 Å². The summed E-state index contributed by atoms with van der Waals surface area (Å²) in [5.74, 6) is -1.41. The first-order valence-electron chi connectivity index (χ1n) is 10.4. The second-order valence-electron chi connectivity index (χ2n) is 7.80. The molecule has 3 aromatic carbocycles. The fourth-order valence-electron chi connectivity index (χ4n) is 3.63. The third-order valence-electron chi connectivity index (χ3n) is 5.51. The molecule has 0 fully saturated rings. The van der Waals surface area contributed by atoms with E-state index in [0.29, 0.717) is 17.1 Å². The van der Waals surface area contributed by atoms with Crippen LogP contribution in [-0.2, 0) is 22.7 Å². The Morgan fingerprint density at radius 2 is 1.85 bits per heavy atom. The van der Waals surface area contributed by atoms with Crippen molar-refractivity contribution < 1.29 is 14.0 Å². The van der Waals surface area contributed by atoms with E-state index in [1.54, 1.807) is 30.0 Å². The molecule has 1 N–H and O–H groups in total. The molecule has 2 amide bonds. The molecule has 1 heterocycles. The zero-order valence-electron chi connectivity index (χ0n) is 17.7. The minimum atomic E-state index is -0.607. The first-order valence-corrected chi connectivity index (χ1v) is 12.0. The first-order chi connectivity index (χ1) is 15.8. The maximum Gasteiger partial charge on any atom is 0.241 e. The van der Waals surface area contributed by atoms with E-state index in [0.717, 1.165) is 16.1 Å². The Morgan fingerprint density at radius 1 is 1.12 bits per heavy atom. The monoisotopic (exact) mass is 502 g/mol. The summed E-state index contributed by atoms with van der Waals surface area (Å²) < 4.78 is 13.5. The molecule has 0 aliphatic carbocycles. The quantitative estimate of drug-likeness (QED) is 0.443. The highest BCUT2D eigenvalue weighted by molar-refractivity contribution is 8.01. The SMILES string of the molecule is C[C@H](C(=O)NCc1ccc(Cl)cc1)[C@@H]1Sc2ccccc2N(Cc2ccc(F)cc2Cl)C1=O. The van der Waals surface area contributed by atoms with Crippen LogP contribution in [0.3, 0.4) is 0 Å². The fourth-order valence-corrected chi connectivity index (χ4v) is 5.27. The summed E-state index contributed by atoms with van der Waals surface area (Å²) in [7, 11) is 0. The van der Waals surface area contributed by atoms with Crippen molar-refractivity contribution in [2.24, 2.45) is 5.92 Å². The van der Waals surface area contributed by atoms with Gasteiger partial charge < -0.3 is 10.2 Å². The minimum absolute atomic E-state index is 0.186. The van der Waals surface area contributed by atoms with Gasteiger partial charge in [-0.1, -0.05) is 60.5 Å². The van der Waals surface area contributed by atoms with Crippen LogP contribution >= 0.6 is 35.0 Å². The number of thioether (sulfide) groups is 1. The van der Waals surface area contributed by atoms with Crippen LogP contribution < -0.4 is 10.2 Å². The lowest BCUT2D eigenvalue weighted by atomic mass is 10.0. The lowest BCUT2D eigenvalue weighted by Crippen LogP contribution is -2.47. The van der Waals surface area contributed by atoms with Crippen molar-refractivity contribution in [1.29, 1.82) is 0 Å². The number of amides is 2. The van der Waals surface area contributed by atoms with Crippen molar-refractivity contribution in [1.82, 2.24) is 5.32 Å². The molecule has 170 valence electrons. The predicted molar refractivity (Wildman–Crippen MR) is 131 cm³/mol. The minimum Gasteiger partial charge on any atom is -0.352 e. The zero-order chi connectivity index (χ0) is 23.5. The Labute approximate surface area is 206 Å². The third kappa shape index (κ3) is 5.35. The first kappa shape index (κ1) is 23.6. The summed E-state index contributed by atoms with van der Waals surface area (Å²) >= 11 is 13.5. The van der Waals surface area contributed by atoms with Gasteiger partial charge in [-0.2, -0.15) is 0 Å². The lowest BCUT2D eigenvalue weighted by molar-refractivity contribution is -0.128. The number of para-hydroxylation sites is 1. The Balaban J connectivity index is 1.54. The van der Waals surface area contributed by atoms with Crippen LogP contribution in [0, 0.1) is 11.7 Å². The molecule has 4 nitrogen and oxygen atoms in total. The van der Waals surface area contributed by atoms with Gasteiger partial charge in [-0.3, -0.25) is 9.59 Å². The molecule has 0 unspecified atom stereocenters. The molecule has 2 atom stereocenters. The van der Waals surface area contributed by atoms with Gasteiger partial charge >= 0.3 is 0 Å². The van der Waals surface area contributed by atoms with Gasteiger partial charge in [0, 0.05) is 21.5 Å². The average molecular weight is 503 g/mol. The van der Waals surface area contributed by atoms with Crippen molar-refractivity contribution in [2.75, 3.05) is 4.90 Å². The Morgan fingerprint density at radius 3 is 2.58 bits per heavy atom. The number of anilines is 1. The van der Waals surface area contributed by atoms with Gasteiger partial charge in [0.2, 0.25) is 11.8 Å². The maximum absolute atomic E-state index is 13.5. The molecule has 0 saturated carbocycles. The molecule has 1 aliphatic heterocycles. The van der Waals surface area contributed by atoms with Crippen LogP contribution in [0.2, 0.25) is 10.0 Å². The molecule has 0 saturated heterocycles. The number of benzene rings is 3. The fraction of sp³-hybridized carbons (Fsp3) is 0.200. The molecule has 1 aliphatic rings. The summed E-state index contributed by atoms with van der Waals surface area (Å²) in [6.45, 7) is 2.28. The van der Waals surface area contributed by atoms with Crippen molar-refractivity contribution in [3.05, 3.63) is 93.7 Å². The number of nitrogens with one attached hydrogen (secondary N) is 1. The largest absolute Gasteiger partial charge is 0.352 e. The Hall–Kier alpha value is -2.54. The van der Waals surface area contributed by atoms with Crippen molar-refractivity contribution in [3.8, 4) is 0 Å². The van der Waals surface area contributed by atoms with Crippen LogP contribution in [0.1, 0.15) is 18.1 Å². The van der Waals surface area contributed by atoms with Crippen LogP contribution in [0.15, 0.2) is 71.6 Å². The van der Waals surface area contributed by atoms with E-state index in [9.17, 15) is 14.0 Å². The number of rotatable bonds is 6. The van der Waals surface area contributed by atoms with Gasteiger partial charge in [-0.15, -0.1) is 11.8 Å². The van der Waals surface area contributed by atoms with Crippen molar-refractivity contribution in [3.63, 3.8) is 0 Å². The van der Waals surface area contributed by atoms with Crippen LogP contribution in [-0.4, -0.2) is 17.1 Å². The van der Waals surface area contributed by atoms with Crippen molar-refractivity contribution >= 4 is 52.5 Å². The predicted octanol–water partition coefficient (Wildman–Crippen LogP) is 6.09. The van der Waals surface area contributed by atoms with E-state index in [4.69, 9.17) is 23.2 Å². The molecule has 4 rings (SSSR count). The van der Waals surface area contributed by atoms with Gasteiger partial charge in [-0.25, -0.2) is 4.39 Å². The van der Waals surface area contributed by atoms with Crippen molar-refractivity contribution in [2.45, 2.75) is 30.2 Å². The number of fused-ring (bicyclic) bond motifs is 1. The third-order valence-corrected chi connectivity index (χ3v) is 7.58. The summed E-state index contributed by atoms with van der Waals surface area (Å²) in [6, 6.07) is 18.9. The molecule has 0 aromatic heterocycles. The lowest BCUT2D eigenvalue weighted by Gasteiger charge is -2.36. The number of hydrogen-bond donors (Lipinski definition) is 1. The Kier molecular flexibility index (Phi) is 7.27. The normalized spacial score (nSPS) is 16.3. The van der Waals surface area contributed by atoms with E-state index in [-0.39, 0.29) is 23.4 Å². The number of hydrogen-bond acceptors (Lipinski definition) is 3. The van der Waals surface area contributed by atoms with Gasteiger partial charge in [0.15, 0.2) is 0 Å². The summed E-state index contributed by atoms with van der Waals surface area (Å²) in [5, 5.41) is 3.18. The number of halogens is 3. The summed E-state index contributed by atoms with van der Waals surface area (Å²) in [6.07, 6.45) is 0. The van der Waals surface area contributed by atoms with Crippen LogP contribution in [0.4, 0.5) is 10.1 Å². The van der Waals surface area contributed by atoms with Gasteiger partial charge in [0.1, 0.15) is 11.1 Å². The zero-order valence-corrected chi connectivity index (χ0v) is 20.1. The second-order valence-corrected chi connectivity index (χ2v) is 9.83. The number of carbonyl (C=O) groups excluding carboxylic acids is 2. The van der Waals surface area contributed by atoms with Crippen LogP contribution in [0.5, 0.6) is 0 Å². The molecule has 0 radical (unpaired) electrons. The topological polar surface area (TPSA) is 49.4 Å². The molecular weight excluding hydrogens is 482 g/mol. The maximum atomic E-state index is 13.5. The molecule has 0 bridgehead atoms. The van der Waals surface area contributed by atoms with Gasteiger partial charge in [0.25, 0.3) is 0 Å². The highest BCUT2D eigenvalue weighted by atomic mass is 35.5. The summed E-state index contributed by atoms with van der Waals surface area (Å²) in [4.78, 5) is 29.0. The average Bonchev–Trinajstić information content (AvgIpc) is 2.81. The number of nitrogens with zero attached hydrogens (tertiary/aromatic N) is 1. The van der Waals surface area contributed by atoms with E-state index in [1.807, 2.05) is 36.4 Å². The summed E-state index contributed by atoms with van der Waals surface area (Å²) in [5.41, 5.74) is 2.30. The number of carbonyl (C=O) groups is 2. The highest BCUT2D eigenvalue weighted by Crippen LogP contribution is 2.42. The molecule has 8 heteroatoms. The van der Waals surface area contributed by atoms with E-state index < -0.39 is 17.0 Å². The van der Waals surface area contributed by atoms with E-state index in [1.165, 1.54) is 23.9 Å².